The standard InChI is InChI=1S/C35H48FN5O6Si/c1-20-25(16-37-27-12-21(15-39-30(20)27)18-45-48(8,9)35(5,6)7)24-13-22-14-28(40-32(42)46-23-10-11-44-19-23)38-17-26(22)31(29(24)36)41-33(43)47-34(2,3)4/h13-14,16-17,21,23,39H,10-12,15,18-19H2,1-9H3,(H,41,43)(H,38,40,42)/t21?,23-/m1/s1. The second kappa shape index (κ2) is 13.6. The predicted molar refractivity (Wildman–Crippen MR) is 188 cm³/mol. The molecule has 1 fully saturated rings. The van der Waals surface area contributed by atoms with E-state index in [9.17, 15) is 9.59 Å². The van der Waals surface area contributed by atoms with Crippen LogP contribution in [-0.2, 0) is 25.1 Å². The summed E-state index contributed by atoms with van der Waals surface area (Å²) in [5.41, 5.74) is 2.51. The molecule has 2 aromatic heterocycles. The molecule has 3 N–H and O–H groups in total. The minimum Gasteiger partial charge on any atom is -0.444 e. The number of halogens is 1. The van der Waals surface area contributed by atoms with Gasteiger partial charge < -0.3 is 24.0 Å². The van der Waals surface area contributed by atoms with Gasteiger partial charge in [-0.1, -0.05) is 20.8 Å². The number of hydrogen-bond acceptors (Lipinski definition) is 9. The molecule has 1 saturated heterocycles. The Morgan fingerprint density at radius 2 is 1.81 bits per heavy atom. The minimum atomic E-state index is -1.89. The van der Waals surface area contributed by atoms with E-state index in [-0.39, 0.29) is 34.1 Å². The van der Waals surface area contributed by atoms with Crippen molar-refractivity contribution in [1.29, 1.82) is 0 Å². The number of aromatic nitrogens is 2. The van der Waals surface area contributed by atoms with E-state index in [0.29, 0.717) is 49.1 Å². The van der Waals surface area contributed by atoms with Gasteiger partial charge in [0.1, 0.15) is 17.5 Å². The number of nitrogens with zero attached hydrogens (tertiary/aromatic N) is 2. The predicted octanol–water partition coefficient (Wildman–Crippen LogP) is 8.03. The summed E-state index contributed by atoms with van der Waals surface area (Å²) in [6, 6.07) is 3.28. The van der Waals surface area contributed by atoms with Gasteiger partial charge in [-0.3, -0.25) is 15.6 Å². The van der Waals surface area contributed by atoms with Crippen LogP contribution in [0.15, 0.2) is 24.5 Å². The van der Waals surface area contributed by atoms with Gasteiger partial charge in [0.15, 0.2) is 14.1 Å². The van der Waals surface area contributed by atoms with Crippen molar-refractivity contribution in [1.82, 2.24) is 9.97 Å². The Kier molecular flexibility index (Phi) is 10.1. The Labute approximate surface area is 282 Å². The largest absolute Gasteiger partial charge is 0.444 e. The normalized spacial score (nSPS) is 18.2. The molecule has 11 nitrogen and oxygen atoms in total. The van der Waals surface area contributed by atoms with Crippen molar-refractivity contribution in [2.45, 2.75) is 91.1 Å². The Hall–Kier alpha value is -3.81. The number of benzene rings is 1. The van der Waals surface area contributed by atoms with Crippen LogP contribution in [-0.4, -0.2) is 68.5 Å². The van der Waals surface area contributed by atoms with E-state index in [1.165, 1.54) is 6.20 Å². The molecule has 0 spiro atoms. The molecular weight excluding hydrogens is 633 g/mol. The van der Waals surface area contributed by atoms with E-state index < -0.39 is 31.9 Å². The van der Waals surface area contributed by atoms with E-state index >= 15 is 4.39 Å². The van der Waals surface area contributed by atoms with Crippen molar-refractivity contribution in [3.05, 3.63) is 41.6 Å². The molecule has 2 atom stereocenters. The van der Waals surface area contributed by atoms with E-state index in [2.05, 4.69) is 54.8 Å². The summed E-state index contributed by atoms with van der Waals surface area (Å²) in [6.07, 6.45) is 2.63. The topological polar surface area (TPSA) is 133 Å². The molecule has 1 aromatic carbocycles. The molecule has 3 aromatic rings. The first-order valence-electron chi connectivity index (χ1n) is 16.5. The number of ether oxygens (including phenoxy) is 3. The molecule has 48 heavy (non-hydrogen) atoms. The van der Waals surface area contributed by atoms with Gasteiger partial charge in [-0.05, 0) is 75.3 Å². The quantitative estimate of drug-likeness (QED) is 0.212. The Balaban J connectivity index is 1.47. The maximum atomic E-state index is 16.5. The van der Waals surface area contributed by atoms with Crippen LogP contribution in [0.3, 0.4) is 0 Å². The third-order valence-corrected chi connectivity index (χ3v) is 13.7. The minimum absolute atomic E-state index is 0.0885. The van der Waals surface area contributed by atoms with E-state index in [1.807, 2.05) is 6.92 Å². The Bertz CT molecular complexity index is 1700. The lowest BCUT2D eigenvalue weighted by atomic mass is 9.92. The molecule has 1 unspecified atom stereocenters. The highest BCUT2D eigenvalue weighted by Gasteiger charge is 2.38. The van der Waals surface area contributed by atoms with Gasteiger partial charge in [0.05, 0.1) is 30.3 Å². The fourth-order valence-corrected chi connectivity index (χ4v) is 6.61. The first kappa shape index (κ1) is 35.5. The molecule has 4 heterocycles. The zero-order valence-corrected chi connectivity index (χ0v) is 30.4. The molecule has 5 rings (SSSR count). The summed E-state index contributed by atoms with van der Waals surface area (Å²) in [6.45, 7) is 20.6. The van der Waals surface area contributed by atoms with Gasteiger partial charge in [-0.25, -0.2) is 19.0 Å². The van der Waals surface area contributed by atoms with Gasteiger partial charge >= 0.3 is 12.2 Å². The third kappa shape index (κ3) is 8.07. The third-order valence-electron chi connectivity index (χ3n) is 9.22. The van der Waals surface area contributed by atoms with Crippen LogP contribution in [0, 0.1) is 18.7 Å². The van der Waals surface area contributed by atoms with Gasteiger partial charge in [0, 0.05) is 54.4 Å². The molecule has 13 heteroatoms. The van der Waals surface area contributed by atoms with Gasteiger partial charge in [-0.15, -0.1) is 0 Å². The van der Waals surface area contributed by atoms with Crippen molar-refractivity contribution < 1.29 is 32.6 Å². The number of rotatable bonds is 7. The lowest BCUT2D eigenvalue weighted by Gasteiger charge is -2.38. The van der Waals surface area contributed by atoms with Crippen molar-refractivity contribution in [2.75, 3.05) is 42.3 Å². The number of carbonyl (C=O) groups is 2. The molecule has 2 amide bonds. The van der Waals surface area contributed by atoms with Crippen LogP contribution in [0.2, 0.25) is 18.1 Å². The molecule has 0 aliphatic carbocycles. The van der Waals surface area contributed by atoms with Crippen LogP contribution in [0.1, 0.15) is 59.2 Å². The van der Waals surface area contributed by atoms with E-state index in [1.54, 1.807) is 39.1 Å². The van der Waals surface area contributed by atoms with Crippen molar-refractivity contribution in [3.8, 4) is 11.1 Å². The van der Waals surface area contributed by atoms with Gasteiger partial charge in [0.25, 0.3) is 0 Å². The van der Waals surface area contributed by atoms with E-state index in [0.717, 1.165) is 23.4 Å². The summed E-state index contributed by atoms with van der Waals surface area (Å²) in [7, 11) is -1.89. The zero-order chi connectivity index (χ0) is 35.0. The van der Waals surface area contributed by atoms with Crippen molar-refractivity contribution in [2.24, 2.45) is 5.92 Å². The van der Waals surface area contributed by atoms with Gasteiger partial charge in [-0.2, -0.15) is 0 Å². The maximum Gasteiger partial charge on any atom is 0.413 e. The highest BCUT2D eigenvalue weighted by Crippen LogP contribution is 2.41. The second-order valence-electron chi connectivity index (χ2n) is 15.2. The van der Waals surface area contributed by atoms with Crippen LogP contribution < -0.4 is 16.0 Å². The lowest BCUT2D eigenvalue weighted by Crippen LogP contribution is -2.43. The number of pyridine rings is 2. The SMILES string of the molecule is Cc1c(-c2cc3cc(NC(=O)O[C@@H]4CCOC4)ncc3c(NC(=O)OC(C)(C)C)c2F)cnc2c1NCC(CO[Si](C)(C)C(C)(C)C)C2. The fraction of sp³-hybridized carbons (Fsp3) is 0.543. The Morgan fingerprint density at radius 1 is 1.06 bits per heavy atom. The molecule has 2 aliphatic heterocycles. The summed E-state index contributed by atoms with van der Waals surface area (Å²) >= 11 is 0. The van der Waals surface area contributed by atoms with Gasteiger partial charge in [0.2, 0.25) is 0 Å². The smallest absolute Gasteiger partial charge is 0.413 e. The van der Waals surface area contributed by atoms with Crippen LogP contribution >= 0.6 is 0 Å². The Morgan fingerprint density at radius 3 is 2.48 bits per heavy atom. The monoisotopic (exact) mass is 681 g/mol. The molecular formula is C35H48FN5O6Si. The average molecular weight is 682 g/mol. The number of fused-ring (bicyclic) bond motifs is 2. The first-order valence-corrected chi connectivity index (χ1v) is 19.4. The van der Waals surface area contributed by atoms with Crippen LogP contribution in [0.4, 0.5) is 31.2 Å². The van der Waals surface area contributed by atoms with E-state index in [4.69, 9.17) is 23.6 Å². The molecule has 0 saturated carbocycles. The van der Waals surface area contributed by atoms with Crippen LogP contribution in [0.25, 0.3) is 21.9 Å². The molecule has 0 radical (unpaired) electrons. The molecule has 2 aliphatic rings. The van der Waals surface area contributed by atoms with Crippen molar-refractivity contribution in [3.63, 3.8) is 0 Å². The summed E-state index contributed by atoms with van der Waals surface area (Å²) in [5.74, 6) is -0.185. The first-order chi connectivity index (χ1) is 22.4. The number of anilines is 3. The summed E-state index contributed by atoms with van der Waals surface area (Å²) in [5, 5.41) is 9.77. The zero-order valence-electron chi connectivity index (χ0n) is 29.4. The second-order valence-corrected chi connectivity index (χ2v) is 20.0. The number of amides is 2. The van der Waals surface area contributed by atoms with Crippen molar-refractivity contribution >= 4 is 48.5 Å². The number of nitrogens with one attached hydrogen (secondary N) is 3. The highest BCUT2D eigenvalue weighted by atomic mass is 28.4. The summed E-state index contributed by atoms with van der Waals surface area (Å²) < 4.78 is 39.2. The maximum absolute atomic E-state index is 16.5. The number of carbonyl (C=O) groups excluding carboxylic acids is 2. The molecule has 260 valence electrons. The van der Waals surface area contributed by atoms with Crippen LogP contribution in [0.5, 0.6) is 0 Å². The molecule has 0 bridgehead atoms. The number of hydrogen-bond donors (Lipinski definition) is 3. The fourth-order valence-electron chi connectivity index (χ4n) is 5.52. The lowest BCUT2D eigenvalue weighted by molar-refractivity contribution is 0.0635. The summed E-state index contributed by atoms with van der Waals surface area (Å²) in [4.78, 5) is 34.5. The average Bonchev–Trinajstić information content (AvgIpc) is 3.49. The highest BCUT2D eigenvalue weighted by molar-refractivity contribution is 6.74.